The fourth-order valence-electron chi connectivity index (χ4n) is 2.65. The minimum absolute atomic E-state index is 0.163. The fourth-order valence-corrected chi connectivity index (χ4v) is 3.45. The molecule has 3 rings (SSSR count). The van der Waals surface area contributed by atoms with Gasteiger partial charge in [0.25, 0.3) is 5.91 Å². The second-order valence-corrected chi connectivity index (χ2v) is 7.60. The average molecular weight is 412 g/mol. The molecule has 1 aromatic heterocycles. The first-order valence-electron chi connectivity index (χ1n) is 9.30. The van der Waals surface area contributed by atoms with Gasteiger partial charge in [-0.05, 0) is 37.9 Å². The van der Waals surface area contributed by atoms with Crippen LogP contribution in [0.2, 0.25) is 0 Å². The summed E-state index contributed by atoms with van der Waals surface area (Å²) in [6.45, 7) is 1.83. The van der Waals surface area contributed by atoms with E-state index in [1.54, 1.807) is 12.5 Å². The Kier molecular flexibility index (Phi) is 7.21. The number of thiazole rings is 1. The number of aromatic nitrogens is 1. The number of likely N-dealkylation sites (N-methyl/N-ethyl adjacent to an activating group) is 1. The Bertz CT molecular complexity index is 941. The summed E-state index contributed by atoms with van der Waals surface area (Å²) in [6, 6.07) is 15.6. The lowest BCUT2D eigenvalue weighted by Crippen LogP contribution is -2.31. The van der Waals surface area contributed by atoms with Crippen molar-refractivity contribution in [2.45, 2.75) is 6.61 Å². The predicted molar refractivity (Wildman–Crippen MR) is 116 cm³/mol. The molecule has 29 heavy (non-hydrogen) atoms. The molecule has 6 nitrogen and oxygen atoms in total. The highest BCUT2D eigenvalue weighted by Crippen LogP contribution is 2.34. The van der Waals surface area contributed by atoms with Crippen LogP contribution in [0.25, 0.3) is 10.6 Å². The molecule has 2 aromatic carbocycles. The average Bonchev–Trinajstić information content (AvgIpc) is 3.23. The van der Waals surface area contributed by atoms with Crippen molar-refractivity contribution in [2.75, 3.05) is 34.3 Å². The predicted octanol–water partition coefficient (Wildman–Crippen LogP) is 3.69. The van der Waals surface area contributed by atoms with Crippen molar-refractivity contribution in [1.29, 1.82) is 0 Å². The Morgan fingerprint density at radius 3 is 2.66 bits per heavy atom. The highest BCUT2D eigenvalue weighted by molar-refractivity contribution is 7.13. The molecule has 0 saturated heterocycles. The van der Waals surface area contributed by atoms with E-state index < -0.39 is 0 Å². The van der Waals surface area contributed by atoms with Crippen molar-refractivity contribution < 1.29 is 14.3 Å². The summed E-state index contributed by atoms with van der Waals surface area (Å²) in [4.78, 5) is 18.7. The largest absolute Gasteiger partial charge is 0.493 e. The molecule has 0 unspecified atom stereocenters. The monoisotopic (exact) mass is 411 g/mol. The zero-order chi connectivity index (χ0) is 20.6. The van der Waals surface area contributed by atoms with Gasteiger partial charge in [0.05, 0.1) is 7.11 Å². The van der Waals surface area contributed by atoms with Crippen LogP contribution in [-0.4, -0.2) is 50.1 Å². The molecule has 152 valence electrons. The van der Waals surface area contributed by atoms with Crippen molar-refractivity contribution in [1.82, 2.24) is 15.2 Å². The van der Waals surface area contributed by atoms with Crippen molar-refractivity contribution in [3.8, 4) is 22.1 Å². The molecule has 1 heterocycles. The van der Waals surface area contributed by atoms with E-state index >= 15 is 0 Å². The zero-order valence-corrected chi connectivity index (χ0v) is 17.7. The minimum Gasteiger partial charge on any atom is -0.493 e. The number of rotatable bonds is 9. The molecular weight excluding hydrogens is 386 g/mol. The van der Waals surface area contributed by atoms with Crippen molar-refractivity contribution in [2.24, 2.45) is 0 Å². The Hall–Kier alpha value is -2.90. The first-order valence-corrected chi connectivity index (χ1v) is 10.2. The van der Waals surface area contributed by atoms with E-state index in [-0.39, 0.29) is 5.91 Å². The number of hydrogen-bond donors (Lipinski definition) is 1. The molecule has 7 heteroatoms. The second-order valence-electron chi connectivity index (χ2n) is 6.74. The van der Waals surface area contributed by atoms with Crippen molar-refractivity contribution in [3.63, 3.8) is 0 Å². The molecule has 0 aliphatic heterocycles. The first-order chi connectivity index (χ1) is 14.1. The van der Waals surface area contributed by atoms with Crippen LogP contribution in [-0.2, 0) is 6.61 Å². The first kappa shape index (κ1) is 20.8. The van der Waals surface area contributed by atoms with Gasteiger partial charge in [0.15, 0.2) is 11.5 Å². The van der Waals surface area contributed by atoms with Gasteiger partial charge in [0.1, 0.15) is 17.3 Å². The van der Waals surface area contributed by atoms with E-state index in [9.17, 15) is 4.79 Å². The molecule has 0 atom stereocenters. The van der Waals surface area contributed by atoms with Gasteiger partial charge in [-0.1, -0.05) is 30.3 Å². The van der Waals surface area contributed by atoms with Gasteiger partial charge in [-0.3, -0.25) is 4.79 Å². The number of amides is 1. The number of hydrogen-bond acceptors (Lipinski definition) is 6. The molecule has 0 radical (unpaired) electrons. The molecule has 0 spiro atoms. The summed E-state index contributed by atoms with van der Waals surface area (Å²) in [5, 5.41) is 5.41. The number of carbonyl (C=O) groups is 1. The van der Waals surface area contributed by atoms with Gasteiger partial charge in [0.2, 0.25) is 0 Å². The third-order valence-corrected chi connectivity index (χ3v) is 5.12. The van der Waals surface area contributed by atoms with Crippen LogP contribution in [0.3, 0.4) is 0 Å². The Balaban J connectivity index is 1.68. The molecule has 1 N–H and O–H groups in total. The SMILES string of the molecule is COc1cc(-c2nc(C(=O)NCCN(C)C)cs2)ccc1OCc1ccccc1. The molecule has 0 saturated carbocycles. The van der Waals surface area contributed by atoms with Crippen LogP contribution in [0.4, 0.5) is 0 Å². The molecule has 0 bridgehead atoms. The van der Waals surface area contributed by atoms with E-state index in [4.69, 9.17) is 9.47 Å². The Labute approximate surface area is 175 Å². The van der Waals surface area contributed by atoms with Gasteiger partial charge in [-0.25, -0.2) is 4.98 Å². The normalized spacial score (nSPS) is 10.8. The number of carbonyl (C=O) groups excluding carboxylic acids is 1. The van der Waals surface area contributed by atoms with Crippen molar-refractivity contribution in [3.05, 3.63) is 65.2 Å². The number of methoxy groups -OCH3 is 1. The third-order valence-electron chi connectivity index (χ3n) is 4.23. The van der Waals surface area contributed by atoms with Crippen LogP contribution in [0.15, 0.2) is 53.9 Å². The Morgan fingerprint density at radius 2 is 1.93 bits per heavy atom. The van der Waals surface area contributed by atoms with Gasteiger partial charge in [-0.2, -0.15) is 0 Å². The van der Waals surface area contributed by atoms with E-state index in [0.717, 1.165) is 22.7 Å². The lowest BCUT2D eigenvalue weighted by atomic mass is 10.2. The van der Waals surface area contributed by atoms with Crippen LogP contribution in [0.5, 0.6) is 11.5 Å². The molecule has 3 aromatic rings. The van der Waals surface area contributed by atoms with Gasteiger partial charge in [-0.15, -0.1) is 11.3 Å². The number of nitrogens with zero attached hydrogens (tertiary/aromatic N) is 2. The summed E-state index contributed by atoms with van der Waals surface area (Å²) < 4.78 is 11.4. The number of nitrogens with one attached hydrogen (secondary N) is 1. The molecule has 0 fully saturated rings. The van der Waals surface area contributed by atoms with Crippen LogP contribution >= 0.6 is 11.3 Å². The fraction of sp³-hybridized carbons (Fsp3) is 0.273. The topological polar surface area (TPSA) is 63.7 Å². The Morgan fingerprint density at radius 1 is 1.14 bits per heavy atom. The summed E-state index contributed by atoms with van der Waals surface area (Å²) >= 11 is 1.43. The van der Waals surface area contributed by atoms with Gasteiger partial charge in [0, 0.05) is 24.0 Å². The second kappa shape index (κ2) is 10.0. The smallest absolute Gasteiger partial charge is 0.270 e. The lowest BCUT2D eigenvalue weighted by Gasteiger charge is -2.11. The lowest BCUT2D eigenvalue weighted by molar-refractivity contribution is 0.0947. The van der Waals surface area contributed by atoms with Crippen molar-refractivity contribution >= 4 is 17.2 Å². The highest BCUT2D eigenvalue weighted by Gasteiger charge is 2.14. The van der Waals surface area contributed by atoms with E-state index in [1.165, 1.54) is 11.3 Å². The summed E-state index contributed by atoms with van der Waals surface area (Å²) in [5.41, 5.74) is 2.39. The van der Waals surface area contributed by atoms with Crippen LogP contribution in [0, 0.1) is 0 Å². The third kappa shape index (κ3) is 5.79. The summed E-state index contributed by atoms with van der Waals surface area (Å²) in [7, 11) is 5.54. The minimum atomic E-state index is -0.163. The molecular formula is C22H25N3O3S. The summed E-state index contributed by atoms with van der Waals surface area (Å²) in [6.07, 6.45) is 0. The quantitative estimate of drug-likeness (QED) is 0.582. The van der Waals surface area contributed by atoms with E-state index in [0.29, 0.717) is 30.3 Å². The number of benzene rings is 2. The summed E-state index contributed by atoms with van der Waals surface area (Å²) in [5.74, 6) is 1.13. The number of ether oxygens (including phenoxy) is 2. The molecule has 1 amide bonds. The van der Waals surface area contributed by atoms with E-state index in [2.05, 4.69) is 10.3 Å². The van der Waals surface area contributed by atoms with Gasteiger partial charge < -0.3 is 19.7 Å². The zero-order valence-electron chi connectivity index (χ0n) is 16.8. The molecule has 0 aliphatic rings. The highest BCUT2D eigenvalue weighted by atomic mass is 32.1. The maximum absolute atomic E-state index is 12.2. The van der Waals surface area contributed by atoms with Gasteiger partial charge >= 0.3 is 0 Å². The molecule has 0 aliphatic carbocycles. The van der Waals surface area contributed by atoms with E-state index in [1.807, 2.05) is 67.5 Å². The van der Waals surface area contributed by atoms with Crippen LogP contribution in [0.1, 0.15) is 16.1 Å². The van der Waals surface area contributed by atoms with Crippen LogP contribution < -0.4 is 14.8 Å². The maximum atomic E-state index is 12.2. The maximum Gasteiger partial charge on any atom is 0.270 e. The standard InChI is InChI=1S/C22H25N3O3S/c1-25(2)12-11-23-21(26)18-15-29-22(24-18)17-9-10-19(20(13-17)27-3)28-14-16-7-5-4-6-8-16/h4-10,13,15H,11-12,14H2,1-3H3,(H,23,26).